The molecule has 0 aliphatic heterocycles. The van der Waals surface area contributed by atoms with Gasteiger partial charge in [-0.2, -0.15) is 11.8 Å². The van der Waals surface area contributed by atoms with Crippen LogP contribution in [0.15, 0.2) is 18.2 Å². The van der Waals surface area contributed by atoms with Crippen LogP contribution in [0.1, 0.15) is 17.3 Å². The highest BCUT2D eigenvalue weighted by Gasteiger charge is 2.16. The van der Waals surface area contributed by atoms with Gasteiger partial charge in [0.2, 0.25) is 0 Å². The maximum absolute atomic E-state index is 13.6. The topological polar surface area (TPSA) is 78.4 Å². The van der Waals surface area contributed by atoms with E-state index in [0.717, 1.165) is 11.8 Å². The third kappa shape index (κ3) is 4.73. The number of amides is 2. The second-order valence-electron chi connectivity index (χ2n) is 4.36. The van der Waals surface area contributed by atoms with E-state index >= 15 is 0 Å². The molecule has 0 spiro atoms. The number of benzene rings is 1. The Morgan fingerprint density at radius 3 is 2.75 bits per heavy atom. The zero-order valence-corrected chi connectivity index (χ0v) is 12.1. The lowest BCUT2D eigenvalue weighted by molar-refractivity contribution is 0.0697. The second kappa shape index (κ2) is 7.74. The molecule has 1 unspecified atom stereocenters. The summed E-state index contributed by atoms with van der Waals surface area (Å²) < 4.78 is 13.6. The first-order chi connectivity index (χ1) is 9.45. The molecule has 0 aliphatic carbocycles. The first-order valence-electron chi connectivity index (χ1n) is 6.01. The molecule has 7 heteroatoms. The number of anilines is 1. The molecule has 1 aromatic rings. The van der Waals surface area contributed by atoms with Gasteiger partial charge in [0.1, 0.15) is 5.82 Å². The Balaban J connectivity index is 2.69. The molecule has 0 saturated heterocycles. The predicted octanol–water partition coefficient (Wildman–Crippen LogP) is 2.64. The van der Waals surface area contributed by atoms with E-state index in [4.69, 9.17) is 5.11 Å². The predicted molar refractivity (Wildman–Crippen MR) is 77.9 cm³/mol. The largest absolute Gasteiger partial charge is 0.478 e. The smallest absolute Gasteiger partial charge is 0.337 e. The first kappa shape index (κ1) is 16.3. The van der Waals surface area contributed by atoms with Crippen LogP contribution in [0.4, 0.5) is 14.9 Å². The lowest BCUT2D eigenvalue weighted by Gasteiger charge is -2.13. The van der Waals surface area contributed by atoms with Crippen molar-refractivity contribution in [3.63, 3.8) is 0 Å². The summed E-state index contributed by atoms with van der Waals surface area (Å²) in [6, 6.07) is 2.99. The van der Waals surface area contributed by atoms with Crippen molar-refractivity contribution in [2.45, 2.75) is 6.92 Å². The van der Waals surface area contributed by atoms with Gasteiger partial charge in [0.05, 0.1) is 11.3 Å². The lowest BCUT2D eigenvalue weighted by Crippen LogP contribution is -2.33. The molecule has 1 atom stereocenters. The van der Waals surface area contributed by atoms with Crippen LogP contribution in [0, 0.1) is 11.7 Å². The van der Waals surface area contributed by atoms with Crippen LogP contribution in [0.2, 0.25) is 0 Å². The molecule has 0 fully saturated rings. The summed E-state index contributed by atoms with van der Waals surface area (Å²) in [6.45, 7) is 2.41. The Bertz CT molecular complexity index is 497. The molecular weight excluding hydrogens is 283 g/mol. The van der Waals surface area contributed by atoms with E-state index in [9.17, 15) is 14.0 Å². The highest BCUT2D eigenvalue weighted by molar-refractivity contribution is 7.98. The average Bonchev–Trinajstić information content (AvgIpc) is 2.39. The van der Waals surface area contributed by atoms with Crippen molar-refractivity contribution in [3.05, 3.63) is 29.6 Å². The quantitative estimate of drug-likeness (QED) is 0.754. The molecule has 0 aliphatic rings. The van der Waals surface area contributed by atoms with Gasteiger partial charge in [0, 0.05) is 6.54 Å². The third-order valence-corrected chi connectivity index (χ3v) is 3.45. The summed E-state index contributed by atoms with van der Waals surface area (Å²) in [6.07, 6.45) is 1.97. The highest BCUT2D eigenvalue weighted by Crippen LogP contribution is 2.19. The molecule has 0 bridgehead atoms. The van der Waals surface area contributed by atoms with Crippen LogP contribution >= 0.6 is 11.8 Å². The molecule has 5 nitrogen and oxygen atoms in total. The summed E-state index contributed by atoms with van der Waals surface area (Å²) in [5.74, 6) is -0.913. The fraction of sp³-hybridized carbons (Fsp3) is 0.385. The second-order valence-corrected chi connectivity index (χ2v) is 5.27. The number of para-hydroxylation sites is 1. The van der Waals surface area contributed by atoms with Crippen LogP contribution in [0.3, 0.4) is 0 Å². The molecule has 2 amide bonds. The Morgan fingerprint density at radius 1 is 1.45 bits per heavy atom. The summed E-state index contributed by atoms with van der Waals surface area (Å²) in [4.78, 5) is 22.6. The molecule has 0 aromatic heterocycles. The maximum atomic E-state index is 13.6. The molecule has 0 radical (unpaired) electrons. The SMILES string of the molecule is CSCC(C)CNC(=O)Nc1c(F)cccc1C(=O)O. The normalized spacial score (nSPS) is 11.8. The van der Waals surface area contributed by atoms with E-state index < -0.39 is 17.8 Å². The van der Waals surface area contributed by atoms with E-state index in [1.807, 2.05) is 13.2 Å². The summed E-state index contributed by atoms with van der Waals surface area (Å²) in [5.41, 5.74) is -0.604. The minimum absolute atomic E-state index is 0.273. The molecule has 110 valence electrons. The first-order valence-corrected chi connectivity index (χ1v) is 7.40. The number of carboxylic acids is 1. The van der Waals surface area contributed by atoms with Gasteiger partial charge in [0.25, 0.3) is 0 Å². The van der Waals surface area contributed by atoms with E-state index in [2.05, 4.69) is 10.6 Å². The van der Waals surface area contributed by atoms with Gasteiger partial charge in [-0.15, -0.1) is 0 Å². The van der Waals surface area contributed by atoms with E-state index in [0.29, 0.717) is 6.54 Å². The molecule has 1 rings (SSSR count). The minimum atomic E-state index is -1.30. The number of nitrogens with one attached hydrogen (secondary N) is 2. The number of carboxylic acid groups (broad SMARTS) is 1. The number of hydrogen-bond donors (Lipinski definition) is 3. The van der Waals surface area contributed by atoms with E-state index in [1.54, 1.807) is 11.8 Å². The molecular formula is C13H17FN2O3S. The van der Waals surface area contributed by atoms with Crippen molar-refractivity contribution < 1.29 is 19.1 Å². The van der Waals surface area contributed by atoms with Crippen molar-refractivity contribution in [3.8, 4) is 0 Å². The third-order valence-electron chi connectivity index (χ3n) is 2.54. The maximum Gasteiger partial charge on any atom is 0.337 e. The molecule has 20 heavy (non-hydrogen) atoms. The molecule has 3 N–H and O–H groups in total. The summed E-state index contributed by atoms with van der Waals surface area (Å²) in [5, 5.41) is 13.8. The Kier molecular flexibility index (Phi) is 6.30. The Labute approximate surface area is 120 Å². The van der Waals surface area contributed by atoms with Gasteiger partial charge in [-0.25, -0.2) is 14.0 Å². The fourth-order valence-electron chi connectivity index (χ4n) is 1.60. The van der Waals surface area contributed by atoms with Gasteiger partial charge in [-0.3, -0.25) is 0 Å². The van der Waals surface area contributed by atoms with Gasteiger partial charge in [-0.1, -0.05) is 13.0 Å². The number of thioether (sulfide) groups is 1. The summed E-state index contributed by atoms with van der Waals surface area (Å²) >= 11 is 1.66. The van der Waals surface area contributed by atoms with Gasteiger partial charge >= 0.3 is 12.0 Å². The lowest BCUT2D eigenvalue weighted by atomic mass is 10.1. The van der Waals surface area contributed by atoms with Crippen LogP contribution in [-0.2, 0) is 0 Å². The van der Waals surface area contributed by atoms with E-state index in [1.165, 1.54) is 12.1 Å². The number of rotatable bonds is 6. The highest BCUT2D eigenvalue weighted by atomic mass is 32.2. The van der Waals surface area contributed by atoms with Gasteiger partial charge < -0.3 is 15.7 Å². The van der Waals surface area contributed by atoms with Crippen molar-refractivity contribution in [2.24, 2.45) is 5.92 Å². The summed E-state index contributed by atoms with van der Waals surface area (Å²) in [7, 11) is 0. The van der Waals surface area contributed by atoms with Crippen molar-refractivity contribution >= 4 is 29.4 Å². The standard InChI is InChI=1S/C13H17FN2O3S/c1-8(7-20-2)6-15-13(19)16-11-9(12(17)18)4-3-5-10(11)14/h3-5,8H,6-7H2,1-2H3,(H,17,18)(H2,15,16,19). The zero-order chi connectivity index (χ0) is 15.1. The Morgan fingerprint density at radius 2 is 2.15 bits per heavy atom. The number of hydrogen-bond acceptors (Lipinski definition) is 3. The minimum Gasteiger partial charge on any atom is -0.478 e. The van der Waals surface area contributed by atoms with Crippen molar-refractivity contribution in [2.75, 3.05) is 23.9 Å². The zero-order valence-electron chi connectivity index (χ0n) is 11.3. The molecule has 1 aromatic carbocycles. The Hall–Kier alpha value is -1.76. The average molecular weight is 300 g/mol. The number of urea groups is 1. The van der Waals surface area contributed by atoms with Crippen molar-refractivity contribution in [1.29, 1.82) is 0 Å². The number of halogens is 1. The van der Waals surface area contributed by atoms with Crippen LogP contribution < -0.4 is 10.6 Å². The van der Waals surface area contributed by atoms with Gasteiger partial charge in [0.15, 0.2) is 0 Å². The monoisotopic (exact) mass is 300 g/mol. The van der Waals surface area contributed by atoms with Crippen LogP contribution in [0.5, 0.6) is 0 Å². The van der Waals surface area contributed by atoms with Crippen molar-refractivity contribution in [1.82, 2.24) is 5.32 Å². The number of carbonyl (C=O) groups is 2. The van der Waals surface area contributed by atoms with Crippen LogP contribution in [0.25, 0.3) is 0 Å². The number of carbonyl (C=O) groups excluding carboxylic acids is 1. The van der Waals surface area contributed by atoms with Crippen LogP contribution in [-0.4, -0.2) is 35.7 Å². The molecule has 0 heterocycles. The fourth-order valence-corrected chi connectivity index (χ4v) is 2.28. The molecule has 0 saturated carbocycles. The van der Waals surface area contributed by atoms with Gasteiger partial charge in [-0.05, 0) is 30.1 Å². The van der Waals surface area contributed by atoms with E-state index in [-0.39, 0.29) is 17.2 Å². The number of aromatic carboxylic acids is 1.